The zero-order valence-electron chi connectivity index (χ0n) is 65.1. The van der Waals surface area contributed by atoms with E-state index in [1.807, 2.05) is 0 Å². The molecule has 4 fully saturated rings. The molecule has 0 aliphatic carbocycles. The number of aliphatic hydroxyl groups is 16. The van der Waals surface area contributed by atoms with Crippen molar-refractivity contribution in [1.29, 1.82) is 0 Å². The summed E-state index contributed by atoms with van der Waals surface area (Å²) >= 11 is 0. The number of hydrogen-bond acceptors (Lipinski definition) is 44. The quantitative estimate of drug-likeness (QED) is 0.0665. The van der Waals surface area contributed by atoms with Crippen LogP contribution in [0, 0.1) is 0 Å². The molecule has 0 amide bonds. The standard InChI is InChI=1S/2C21H20O12.2C21H20O10/c22-5-13-17(28)19(30)20(31)21(33-13)15-8(24)4-12-14(18(15)29)7(23)3-11(32-12)6-1-9(25)16(27)10(26)2-6;22-5-13-17(29)18(30)19(31)21(33-13)15-8(24)3-7(23)14-9(25)4-12(32-20(14)15)6-1-10(26)16(28)11(27)2-6;22-7-14-17(27)18(28)19(29)21(31-14)16-11(25)5-10(24)15-12(26)6-13(30-20(15)16)8-1-3-9(23)4-2-8;22-7-14-17(27)18(28)19(29)21(31-14)16-11(25)5-10(24)15-12(26)6-13(30-20(15)16)8-2-1-3-9(23)4-8/h1-4,13,17,19-22,24-31H,5H2;1-4,13,17-19,21-24,26-31H,5H2;2*1-6,14,17-19,21-25,27-29H,7H2/t13-,17-,19+,20+,21+;13-,17-,18+,19+,21+;2*14-,17-,18+,19+,21+/m1111/s1. The van der Waals surface area contributed by atoms with E-state index >= 15 is 0 Å². The van der Waals surface area contributed by atoms with Gasteiger partial charge in [-0.1, -0.05) is 12.1 Å². The van der Waals surface area contributed by atoms with Gasteiger partial charge in [0.2, 0.25) is 0 Å². The van der Waals surface area contributed by atoms with Gasteiger partial charge in [0.05, 0.1) is 48.7 Å². The molecule has 20 atom stereocenters. The summed E-state index contributed by atoms with van der Waals surface area (Å²) in [5, 5.41) is 319. The third-order valence-electron chi connectivity index (χ3n) is 21.7. The number of hydrogen-bond donors (Lipinski definition) is 32. The van der Waals surface area contributed by atoms with Crippen LogP contribution in [0.25, 0.3) is 89.2 Å². The van der Waals surface area contributed by atoms with Gasteiger partial charge in [-0.3, -0.25) is 19.2 Å². The molecule has 0 unspecified atom stereocenters. The Labute approximate surface area is 711 Å². The van der Waals surface area contributed by atoms with E-state index in [-0.39, 0.29) is 89.9 Å². The van der Waals surface area contributed by atoms with Crippen molar-refractivity contribution < 1.29 is 200 Å². The molecule has 0 radical (unpaired) electrons. The van der Waals surface area contributed by atoms with E-state index in [1.54, 1.807) is 6.07 Å². The monoisotopic (exact) mass is 1790 g/mol. The molecule has 8 aromatic carbocycles. The third-order valence-corrected chi connectivity index (χ3v) is 21.7. The summed E-state index contributed by atoms with van der Waals surface area (Å²) in [5.41, 5.74) is -5.08. The Balaban J connectivity index is 0.000000146. The maximum atomic E-state index is 12.8. The number of ether oxygens (including phenoxy) is 4. The van der Waals surface area contributed by atoms with Crippen molar-refractivity contribution in [2.24, 2.45) is 0 Å². The zero-order valence-corrected chi connectivity index (χ0v) is 65.1. The van der Waals surface area contributed by atoms with Crippen molar-refractivity contribution >= 4 is 43.9 Å². The van der Waals surface area contributed by atoms with Crippen LogP contribution in [-0.2, 0) is 18.9 Å². The molecule has 0 spiro atoms. The molecule has 44 nitrogen and oxygen atoms in total. The summed E-state index contributed by atoms with van der Waals surface area (Å²) in [6, 6.07) is 23.0. The van der Waals surface area contributed by atoms with Crippen molar-refractivity contribution in [1.82, 2.24) is 0 Å². The first-order valence-corrected chi connectivity index (χ1v) is 38.0. The topological polar surface area (TPSA) is 805 Å². The van der Waals surface area contributed by atoms with Crippen molar-refractivity contribution in [2.75, 3.05) is 26.4 Å². The molecule has 44 heteroatoms. The fraction of sp³-hybridized carbons (Fsp3) is 0.286. The average Bonchev–Trinajstić information content (AvgIpc) is 0.756. The molecule has 0 bridgehead atoms. The smallest absolute Gasteiger partial charge is 0.200 e. The van der Waals surface area contributed by atoms with Gasteiger partial charge < -0.3 is 200 Å². The van der Waals surface area contributed by atoms with E-state index < -0.39 is 273 Å². The van der Waals surface area contributed by atoms with Gasteiger partial charge in [0.25, 0.3) is 0 Å². The highest BCUT2D eigenvalue weighted by molar-refractivity contribution is 5.93. The predicted molar refractivity (Wildman–Crippen MR) is 429 cm³/mol. The van der Waals surface area contributed by atoms with Gasteiger partial charge in [0.15, 0.2) is 73.0 Å². The Hall–Kier alpha value is -13.4. The second kappa shape index (κ2) is 36.5. The number of phenolic OH excluding ortho intramolecular Hbond substituents is 16. The minimum atomic E-state index is -1.84. The number of aliphatic hydroxyl groups excluding tert-OH is 16. The van der Waals surface area contributed by atoms with Crippen LogP contribution in [-0.4, -0.2) is 287 Å². The number of benzene rings is 8. The van der Waals surface area contributed by atoms with Crippen LogP contribution in [0.1, 0.15) is 46.7 Å². The molecular weight excluding hydrogens is 1710 g/mol. The van der Waals surface area contributed by atoms with Gasteiger partial charge in [-0.15, -0.1) is 0 Å². The van der Waals surface area contributed by atoms with E-state index in [4.69, 9.17) is 36.6 Å². The molecule has 4 aromatic heterocycles. The normalized spacial score (nSPS) is 25.8. The van der Waals surface area contributed by atoms with Crippen LogP contribution in [0.3, 0.4) is 0 Å². The summed E-state index contributed by atoms with van der Waals surface area (Å²) < 4.78 is 44.6. The fourth-order valence-electron chi connectivity index (χ4n) is 15.1. The maximum absolute atomic E-state index is 12.8. The largest absolute Gasteiger partial charge is 0.508 e. The van der Waals surface area contributed by atoms with Crippen LogP contribution >= 0.6 is 0 Å². The van der Waals surface area contributed by atoms with Gasteiger partial charge in [0.1, 0.15) is 230 Å². The van der Waals surface area contributed by atoms with E-state index in [1.165, 1.54) is 42.5 Å². The van der Waals surface area contributed by atoms with E-state index in [9.17, 15) is 183 Å². The molecule has 4 aliphatic rings. The highest BCUT2D eigenvalue weighted by atomic mass is 16.6. The van der Waals surface area contributed by atoms with Gasteiger partial charge in [-0.05, 0) is 60.7 Å². The first kappa shape index (κ1) is 92.3. The first-order chi connectivity index (χ1) is 60.5. The molecule has 4 saturated heterocycles. The van der Waals surface area contributed by atoms with Crippen LogP contribution in [0.2, 0.25) is 0 Å². The lowest BCUT2D eigenvalue weighted by atomic mass is 9.89. The third kappa shape index (κ3) is 17.1. The van der Waals surface area contributed by atoms with Gasteiger partial charge in [0, 0.05) is 70.8 Å². The van der Waals surface area contributed by atoms with Crippen molar-refractivity contribution in [2.45, 2.75) is 122 Å². The van der Waals surface area contributed by atoms with Crippen LogP contribution in [0.15, 0.2) is 158 Å². The minimum absolute atomic E-state index is 0.00112. The molecular formula is C84H80O44. The first-order valence-electron chi connectivity index (χ1n) is 38.0. The SMILES string of the molecule is O=c1cc(-c2cc(O)c(O)c(O)c2)oc2c([C@@H]3O[C@H](CO)[C@@H](O)[C@H](O)[C@@H]3O)c(O)cc(O)c12.O=c1cc(-c2cc(O)c(O)c(O)c2)oc2cc(O)c([C@@H]3O[C@H](CO)[C@@H](O)[C@H](O)[C@@H]3O)c(O)c12.O=c1cc(-c2ccc(O)cc2)oc2c([C@@H]3O[C@H](CO)[C@@H](O)[C@H](O)[C@@H]3O)c(O)cc(O)c12.O=c1cc(-c2cccc(O)c2)oc2c([C@@H]3O[C@H](CO)[C@@H](O)[C@H](O)[C@@H]3O)c(O)cc(O)c12. The second-order valence-electron chi connectivity index (χ2n) is 29.8. The van der Waals surface area contributed by atoms with Gasteiger partial charge in [-0.25, -0.2) is 0 Å². The van der Waals surface area contributed by atoms with Crippen LogP contribution in [0.5, 0.6) is 92.0 Å². The number of fused-ring (bicyclic) bond motifs is 4. The van der Waals surface area contributed by atoms with Crippen molar-refractivity contribution in [3.05, 3.63) is 184 Å². The lowest BCUT2D eigenvalue weighted by Crippen LogP contribution is -2.55. The Morgan fingerprint density at radius 2 is 0.523 bits per heavy atom. The van der Waals surface area contributed by atoms with E-state index in [0.29, 0.717) is 11.1 Å². The van der Waals surface area contributed by atoms with Gasteiger partial charge >= 0.3 is 0 Å². The molecule has 16 rings (SSSR count). The summed E-state index contributed by atoms with van der Waals surface area (Å²) in [6.07, 6.45) is -32.3. The Bertz CT molecular complexity index is 6390. The number of rotatable bonds is 12. The molecule has 128 heavy (non-hydrogen) atoms. The van der Waals surface area contributed by atoms with Crippen LogP contribution < -0.4 is 21.7 Å². The van der Waals surface area contributed by atoms with E-state index in [0.717, 1.165) is 72.8 Å². The second-order valence-corrected chi connectivity index (χ2v) is 29.8. The van der Waals surface area contributed by atoms with Gasteiger partial charge in [-0.2, -0.15) is 0 Å². The highest BCUT2D eigenvalue weighted by Crippen LogP contribution is 2.51. The lowest BCUT2D eigenvalue weighted by molar-refractivity contribution is -0.232. The summed E-state index contributed by atoms with van der Waals surface area (Å²) in [4.78, 5) is 51.1. The van der Waals surface area contributed by atoms with E-state index in [2.05, 4.69) is 0 Å². The molecule has 12 aromatic rings. The number of phenols is 16. The average molecular weight is 1790 g/mol. The fourth-order valence-corrected chi connectivity index (χ4v) is 15.1. The summed E-state index contributed by atoms with van der Waals surface area (Å²) in [5.74, 6) is -10.2. The molecule has 0 saturated carbocycles. The predicted octanol–water partition coefficient (Wildman–Crippen LogP) is -0.811. The maximum Gasteiger partial charge on any atom is 0.200 e. The lowest BCUT2D eigenvalue weighted by Gasteiger charge is -2.40. The minimum Gasteiger partial charge on any atom is -0.508 e. The highest BCUT2D eigenvalue weighted by Gasteiger charge is 2.51. The summed E-state index contributed by atoms with van der Waals surface area (Å²) in [7, 11) is 0. The molecule has 8 heterocycles. The molecule has 680 valence electrons. The molecule has 32 N–H and O–H groups in total. The Kier molecular flexibility index (Phi) is 26.3. The van der Waals surface area contributed by atoms with Crippen molar-refractivity contribution in [3.63, 3.8) is 0 Å². The van der Waals surface area contributed by atoms with Crippen molar-refractivity contribution in [3.8, 4) is 137 Å². The van der Waals surface area contributed by atoms with Crippen LogP contribution in [0.4, 0.5) is 0 Å². The number of aromatic hydroxyl groups is 16. The molecule has 4 aliphatic heterocycles. The Morgan fingerprint density at radius 3 is 0.844 bits per heavy atom. The Morgan fingerprint density at radius 1 is 0.234 bits per heavy atom. The summed E-state index contributed by atoms with van der Waals surface area (Å²) in [6.45, 7) is -2.88. The zero-order chi connectivity index (χ0) is 93.3.